The Morgan fingerprint density at radius 1 is 1.15 bits per heavy atom. The molecule has 0 bridgehead atoms. The number of urea groups is 2. The molecule has 0 spiro atoms. The van der Waals surface area contributed by atoms with Gasteiger partial charge in [0, 0.05) is 0 Å². The van der Waals surface area contributed by atoms with E-state index in [1.807, 2.05) is 0 Å². The van der Waals surface area contributed by atoms with Crippen molar-refractivity contribution in [2.24, 2.45) is 11.5 Å². The molecule has 0 atom stereocenters. The van der Waals surface area contributed by atoms with Gasteiger partial charge in [-0.05, 0) is 9.88 Å². The zero-order chi connectivity index (χ0) is 9.56. The number of amides is 4. The SMILES string of the molecule is NC(=O)NO[N+](=O)ONC(N)=O.[H-].[K+]. The van der Waals surface area contributed by atoms with E-state index in [9.17, 15) is 14.5 Å². The molecule has 0 aromatic heterocycles. The van der Waals surface area contributed by atoms with Gasteiger partial charge < -0.3 is 12.9 Å². The van der Waals surface area contributed by atoms with Gasteiger partial charge in [0.15, 0.2) is 0 Å². The number of nitrogens with two attached hydrogens (primary N) is 2. The Labute approximate surface area is 116 Å². The molecule has 6 N–H and O–H groups in total. The Morgan fingerprint density at radius 3 is 1.69 bits per heavy atom. The summed E-state index contributed by atoms with van der Waals surface area (Å²) in [7, 11) is 0. The predicted octanol–water partition coefficient (Wildman–Crippen LogP) is -5.09. The Morgan fingerprint density at radius 2 is 1.46 bits per heavy atom. The zero-order valence-electron chi connectivity index (χ0n) is 7.64. The van der Waals surface area contributed by atoms with Gasteiger partial charge in [-0.1, -0.05) is 11.0 Å². The molecule has 0 radical (unpaired) electrons. The molecule has 10 nitrogen and oxygen atoms in total. The topological polar surface area (TPSA) is 149 Å². The molecular formula is C2H7KN5O5+. The molecule has 0 aliphatic carbocycles. The second kappa shape index (κ2) is 8.00. The number of hydroxylamine groups is 2. The summed E-state index contributed by atoms with van der Waals surface area (Å²) in [6.45, 7) is 0. The summed E-state index contributed by atoms with van der Waals surface area (Å²) in [5.74, 6) is 0. The van der Waals surface area contributed by atoms with Crippen molar-refractivity contribution >= 4 is 12.1 Å². The molecule has 0 aromatic rings. The van der Waals surface area contributed by atoms with Crippen molar-refractivity contribution in [3.8, 4) is 0 Å². The minimum absolute atomic E-state index is 0. The van der Waals surface area contributed by atoms with E-state index >= 15 is 0 Å². The third-order valence-electron chi connectivity index (χ3n) is 0.442. The molecular weight excluding hydrogens is 213 g/mol. The van der Waals surface area contributed by atoms with Crippen molar-refractivity contribution in [3.05, 3.63) is 4.91 Å². The second-order valence-corrected chi connectivity index (χ2v) is 1.34. The van der Waals surface area contributed by atoms with Crippen LogP contribution < -0.4 is 73.8 Å². The van der Waals surface area contributed by atoms with E-state index in [1.54, 1.807) is 0 Å². The minimum atomic E-state index is -1.11. The van der Waals surface area contributed by atoms with Crippen LogP contribution in [0.25, 0.3) is 0 Å². The first-order chi connectivity index (χ1) is 5.52. The third-order valence-corrected chi connectivity index (χ3v) is 0.442. The minimum Gasteiger partial charge on any atom is -1.00 e. The summed E-state index contributed by atoms with van der Waals surface area (Å²) in [5.41, 5.74) is 11.8. The summed E-state index contributed by atoms with van der Waals surface area (Å²) in [4.78, 5) is 37.4. The average Bonchev–Trinajstić information content (AvgIpc) is 1.96. The number of hydrogen-bond donors (Lipinski definition) is 4. The van der Waals surface area contributed by atoms with Gasteiger partial charge >= 0.3 is 68.5 Å². The summed E-state index contributed by atoms with van der Waals surface area (Å²) in [6.07, 6.45) is 0. The van der Waals surface area contributed by atoms with E-state index < -0.39 is 17.1 Å². The van der Waals surface area contributed by atoms with E-state index in [2.05, 4.69) is 21.3 Å². The van der Waals surface area contributed by atoms with Gasteiger partial charge in [0.2, 0.25) is 0 Å². The first-order valence-electron chi connectivity index (χ1n) is 2.44. The van der Waals surface area contributed by atoms with Crippen molar-refractivity contribution in [2.45, 2.75) is 0 Å². The van der Waals surface area contributed by atoms with Crippen molar-refractivity contribution < 1.29 is 77.4 Å². The number of carbonyl (C=O) groups excluding carboxylic acids is 2. The first kappa shape index (κ1) is 14.9. The molecule has 0 aliphatic rings. The molecule has 0 aliphatic heterocycles. The van der Waals surface area contributed by atoms with E-state index in [0.29, 0.717) is 0 Å². The van der Waals surface area contributed by atoms with Gasteiger partial charge in [0.1, 0.15) is 4.91 Å². The van der Waals surface area contributed by atoms with E-state index in [-0.39, 0.29) is 52.8 Å². The molecule has 0 unspecified atom stereocenters. The number of primary amides is 2. The largest absolute Gasteiger partial charge is 1.00 e. The van der Waals surface area contributed by atoms with Crippen LogP contribution >= 0.6 is 0 Å². The average molecular weight is 220 g/mol. The number of rotatable bonds is 4. The van der Waals surface area contributed by atoms with Crippen LogP contribution in [0.3, 0.4) is 0 Å². The molecule has 11 heteroatoms. The molecule has 13 heavy (non-hydrogen) atoms. The summed E-state index contributed by atoms with van der Waals surface area (Å²) in [6, 6.07) is -2.22. The van der Waals surface area contributed by atoms with Gasteiger partial charge in [-0.3, -0.25) is 0 Å². The number of nitrogens with zero attached hydrogens (tertiary/aromatic N) is 1. The van der Waals surface area contributed by atoms with Crippen LogP contribution in [0.1, 0.15) is 1.43 Å². The maximum atomic E-state index is 10.2. The van der Waals surface area contributed by atoms with Crippen molar-refractivity contribution in [1.82, 2.24) is 11.0 Å². The number of carbonyl (C=O) groups is 2. The fourth-order valence-corrected chi connectivity index (χ4v) is 0.183. The van der Waals surface area contributed by atoms with Gasteiger partial charge in [0.25, 0.3) is 0 Å². The van der Waals surface area contributed by atoms with Crippen LogP contribution in [0, 0.1) is 4.91 Å². The third kappa shape index (κ3) is 11.4. The van der Waals surface area contributed by atoms with Gasteiger partial charge in [0.05, 0.1) is 0 Å². The van der Waals surface area contributed by atoms with Crippen LogP contribution in [0.2, 0.25) is 0 Å². The fraction of sp³-hybridized carbons (Fsp3) is 0. The maximum Gasteiger partial charge on any atom is 1.00 e. The van der Waals surface area contributed by atoms with Crippen molar-refractivity contribution in [2.75, 3.05) is 0 Å². The molecule has 0 aromatic carbocycles. The monoisotopic (exact) mass is 220 g/mol. The van der Waals surface area contributed by atoms with Gasteiger partial charge in [-0.15, -0.1) is 0 Å². The standard InChI is InChI=1S/C2H5N5O5.K.H/c3-1(8)5-11-7(10)12-6-2(4)9;;/h(H5-,3,4,5,6,8,9);;/q;+1;-1/p+1. The predicted molar refractivity (Wildman–Crippen MR) is 32.3 cm³/mol. The Balaban J connectivity index is -0.000000605. The molecule has 4 amide bonds. The smallest absolute Gasteiger partial charge is 1.00 e. The first-order valence-corrected chi connectivity index (χ1v) is 2.44. The van der Waals surface area contributed by atoms with Crippen molar-refractivity contribution in [1.29, 1.82) is 0 Å². The Bertz CT molecular complexity index is 192. The summed E-state index contributed by atoms with van der Waals surface area (Å²) >= 11 is 0. The van der Waals surface area contributed by atoms with Gasteiger partial charge in [-0.25, -0.2) is 9.59 Å². The van der Waals surface area contributed by atoms with Crippen LogP contribution in [0.4, 0.5) is 9.59 Å². The van der Waals surface area contributed by atoms with Crippen LogP contribution in [-0.4, -0.2) is 17.1 Å². The number of hydrogen-bond acceptors (Lipinski definition) is 5. The zero-order valence-corrected chi connectivity index (χ0v) is 9.77. The molecule has 0 rings (SSSR count). The van der Waals surface area contributed by atoms with Crippen molar-refractivity contribution in [3.63, 3.8) is 0 Å². The summed E-state index contributed by atoms with van der Waals surface area (Å²) in [5, 5.41) is -0.629. The summed E-state index contributed by atoms with van der Waals surface area (Å²) < 4.78 is 0. The molecule has 0 saturated heterocycles. The van der Waals surface area contributed by atoms with Gasteiger partial charge in [-0.2, -0.15) is 0 Å². The Hall–Kier alpha value is -0.624. The van der Waals surface area contributed by atoms with E-state index in [4.69, 9.17) is 0 Å². The quantitative estimate of drug-likeness (QED) is 0.276. The maximum absolute atomic E-state index is 10.2. The Kier molecular flexibility index (Phi) is 9.15. The second-order valence-electron chi connectivity index (χ2n) is 1.34. The van der Waals surface area contributed by atoms with Crippen LogP contribution in [0.5, 0.6) is 0 Å². The molecule has 0 saturated carbocycles. The molecule has 70 valence electrons. The fourth-order valence-electron chi connectivity index (χ4n) is 0.183. The van der Waals surface area contributed by atoms with Crippen LogP contribution in [0.15, 0.2) is 0 Å². The molecule has 0 fully saturated rings. The van der Waals surface area contributed by atoms with Crippen LogP contribution in [-0.2, 0) is 9.88 Å². The van der Waals surface area contributed by atoms with E-state index in [1.165, 1.54) is 11.0 Å². The normalized spacial score (nSPS) is 7.38. The van der Waals surface area contributed by atoms with E-state index in [0.717, 1.165) is 0 Å². The molecule has 0 heterocycles. The number of nitrogens with one attached hydrogen (secondary N) is 2.